The van der Waals surface area contributed by atoms with Crippen LogP contribution in [0.15, 0.2) is 36.4 Å². The van der Waals surface area contributed by atoms with E-state index in [0.717, 1.165) is 24.4 Å². The van der Waals surface area contributed by atoms with Crippen molar-refractivity contribution in [2.45, 2.75) is 58.6 Å². The van der Waals surface area contributed by atoms with Crippen LogP contribution in [0.1, 0.15) is 56.6 Å². The van der Waals surface area contributed by atoms with Gasteiger partial charge in [0.25, 0.3) is 0 Å². The zero-order valence-corrected chi connectivity index (χ0v) is 19.6. The molecule has 0 radical (unpaired) electrons. The maximum Gasteiger partial charge on any atom is 0.161 e. The quantitative estimate of drug-likeness (QED) is 0.315. The second-order valence-corrected chi connectivity index (χ2v) is 7.80. The number of methoxy groups -OCH3 is 1. The molecule has 2 aromatic carbocycles. The largest absolute Gasteiger partial charge is 0.493 e. The molecule has 0 aromatic heterocycles. The van der Waals surface area contributed by atoms with E-state index < -0.39 is 0 Å². The highest BCUT2D eigenvalue weighted by Crippen LogP contribution is 2.30. The van der Waals surface area contributed by atoms with Crippen LogP contribution in [-0.2, 0) is 13.2 Å². The van der Waals surface area contributed by atoms with E-state index in [1.165, 1.54) is 44.1 Å². The number of benzene rings is 2. The average molecular weight is 461 g/mol. The first kappa shape index (κ1) is 25.9. The van der Waals surface area contributed by atoms with Crippen LogP contribution in [0, 0.1) is 0 Å². The van der Waals surface area contributed by atoms with Crippen molar-refractivity contribution in [1.82, 2.24) is 5.32 Å². The Morgan fingerprint density at radius 2 is 1.66 bits per heavy atom. The number of hydrogen-bond acceptors (Lipinski definition) is 3. The minimum atomic E-state index is 0. The number of nitrogens with one attached hydrogen (secondary N) is 1. The molecule has 0 aliphatic heterocycles. The summed E-state index contributed by atoms with van der Waals surface area (Å²) in [6, 6.07) is 11.4. The monoisotopic (exact) mass is 459 g/mol. The fraction of sp³-hybridized carbons (Fsp3) is 0.478. The lowest BCUT2D eigenvalue weighted by Crippen LogP contribution is -2.14. The first-order valence-electron chi connectivity index (χ1n) is 10.1. The molecule has 0 atom stereocenters. The van der Waals surface area contributed by atoms with Crippen molar-refractivity contribution < 1.29 is 9.47 Å². The van der Waals surface area contributed by atoms with Crippen molar-refractivity contribution in [1.29, 1.82) is 0 Å². The minimum absolute atomic E-state index is 0. The Morgan fingerprint density at radius 3 is 2.38 bits per heavy atom. The van der Waals surface area contributed by atoms with Crippen molar-refractivity contribution in [2.24, 2.45) is 0 Å². The fourth-order valence-electron chi connectivity index (χ4n) is 3.00. The highest BCUT2D eigenvalue weighted by molar-refractivity contribution is 6.35. The van der Waals surface area contributed by atoms with Gasteiger partial charge in [0.05, 0.1) is 7.11 Å². The summed E-state index contributed by atoms with van der Waals surface area (Å²) < 4.78 is 11.4. The molecule has 0 spiro atoms. The number of hydrogen-bond donors (Lipinski definition) is 1. The van der Waals surface area contributed by atoms with E-state index in [1.54, 1.807) is 13.2 Å². The van der Waals surface area contributed by atoms with E-state index in [-0.39, 0.29) is 12.4 Å². The summed E-state index contributed by atoms with van der Waals surface area (Å²) in [5, 5.41) is 4.72. The summed E-state index contributed by atoms with van der Waals surface area (Å²) in [6.45, 7) is 4.48. The summed E-state index contributed by atoms with van der Waals surface area (Å²) in [5.74, 6) is 1.43. The molecule has 0 fully saturated rings. The maximum absolute atomic E-state index is 6.21. The van der Waals surface area contributed by atoms with Crippen molar-refractivity contribution >= 4 is 35.6 Å². The van der Waals surface area contributed by atoms with E-state index in [0.29, 0.717) is 22.4 Å². The van der Waals surface area contributed by atoms with Crippen LogP contribution in [0.5, 0.6) is 11.5 Å². The van der Waals surface area contributed by atoms with E-state index in [1.807, 2.05) is 24.3 Å². The molecule has 1 N–H and O–H groups in total. The predicted octanol–water partition coefficient (Wildman–Crippen LogP) is 7.45. The summed E-state index contributed by atoms with van der Waals surface area (Å²) >= 11 is 12.1. The standard InChI is InChI=1S/C23H31Cl2NO2.ClH/c1-3-4-5-6-7-8-13-26-16-18-9-12-22(23(14-18)27-2)28-17-19-10-11-20(24)15-21(19)25;/h9-12,14-15,26H,3-8,13,16-17H2,1-2H3;1H. The van der Waals surface area contributed by atoms with Crippen LogP contribution in [0.4, 0.5) is 0 Å². The molecule has 0 unspecified atom stereocenters. The van der Waals surface area contributed by atoms with E-state index in [9.17, 15) is 0 Å². The summed E-state index contributed by atoms with van der Waals surface area (Å²) in [7, 11) is 1.66. The molecule has 0 aliphatic carbocycles. The molecule has 0 heterocycles. The van der Waals surface area contributed by atoms with Crippen molar-refractivity contribution in [3.8, 4) is 11.5 Å². The normalized spacial score (nSPS) is 10.5. The van der Waals surface area contributed by atoms with Gasteiger partial charge in [-0.25, -0.2) is 0 Å². The summed E-state index contributed by atoms with van der Waals surface area (Å²) in [4.78, 5) is 0. The van der Waals surface area contributed by atoms with Gasteiger partial charge in [-0.05, 0) is 42.8 Å². The SMILES string of the molecule is CCCCCCCCNCc1ccc(OCc2ccc(Cl)cc2Cl)c(OC)c1.Cl. The molecular weight excluding hydrogens is 429 g/mol. The Bertz CT molecular complexity index is 725. The van der Waals surface area contributed by atoms with E-state index in [4.69, 9.17) is 32.7 Å². The first-order valence-corrected chi connectivity index (χ1v) is 10.8. The second kappa shape index (κ2) is 14.8. The molecule has 0 bridgehead atoms. The second-order valence-electron chi connectivity index (χ2n) is 6.95. The molecule has 6 heteroatoms. The van der Waals surface area contributed by atoms with Gasteiger partial charge in [-0.3, -0.25) is 0 Å². The number of ether oxygens (including phenoxy) is 2. The van der Waals surface area contributed by atoms with Crippen molar-refractivity contribution in [3.63, 3.8) is 0 Å². The third-order valence-corrected chi connectivity index (χ3v) is 5.25. The van der Waals surface area contributed by atoms with Gasteiger partial charge in [-0.15, -0.1) is 12.4 Å². The van der Waals surface area contributed by atoms with Gasteiger partial charge < -0.3 is 14.8 Å². The fourth-order valence-corrected chi connectivity index (χ4v) is 3.46. The smallest absolute Gasteiger partial charge is 0.161 e. The van der Waals surface area contributed by atoms with Crippen LogP contribution in [0.2, 0.25) is 10.0 Å². The lowest BCUT2D eigenvalue weighted by molar-refractivity contribution is 0.284. The average Bonchev–Trinajstić information content (AvgIpc) is 2.69. The highest BCUT2D eigenvalue weighted by Gasteiger charge is 2.08. The minimum Gasteiger partial charge on any atom is -0.493 e. The van der Waals surface area contributed by atoms with Crippen LogP contribution in [0.3, 0.4) is 0 Å². The van der Waals surface area contributed by atoms with Crippen LogP contribution < -0.4 is 14.8 Å². The molecule has 162 valence electrons. The molecular formula is C23H32Cl3NO2. The van der Waals surface area contributed by atoms with Gasteiger partial charge in [0.2, 0.25) is 0 Å². The Labute approximate surface area is 191 Å². The lowest BCUT2D eigenvalue weighted by Gasteiger charge is -2.13. The first-order chi connectivity index (χ1) is 13.6. The Hall–Kier alpha value is -1.13. The number of rotatable bonds is 13. The highest BCUT2D eigenvalue weighted by atomic mass is 35.5. The Kier molecular flexibility index (Phi) is 13.2. The Balaban J connectivity index is 0.00000420. The van der Waals surface area contributed by atoms with Crippen molar-refractivity contribution in [2.75, 3.05) is 13.7 Å². The molecule has 0 saturated carbocycles. The Morgan fingerprint density at radius 1 is 0.897 bits per heavy atom. The molecule has 0 amide bonds. The van der Waals surface area contributed by atoms with Gasteiger partial charge >= 0.3 is 0 Å². The summed E-state index contributed by atoms with van der Waals surface area (Å²) in [5.41, 5.74) is 2.07. The number of halogens is 3. The molecule has 0 saturated heterocycles. The number of unbranched alkanes of at least 4 members (excludes halogenated alkanes) is 5. The van der Waals surface area contributed by atoms with Gasteiger partial charge in [0.1, 0.15) is 6.61 Å². The third-order valence-electron chi connectivity index (χ3n) is 4.66. The van der Waals surface area contributed by atoms with Crippen LogP contribution in [-0.4, -0.2) is 13.7 Å². The van der Waals surface area contributed by atoms with E-state index in [2.05, 4.69) is 18.3 Å². The third kappa shape index (κ3) is 9.48. The molecule has 2 rings (SSSR count). The zero-order valence-electron chi connectivity index (χ0n) is 17.3. The van der Waals surface area contributed by atoms with Gasteiger partial charge in [0.15, 0.2) is 11.5 Å². The molecule has 0 aliphatic rings. The van der Waals surface area contributed by atoms with E-state index >= 15 is 0 Å². The zero-order chi connectivity index (χ0) is 20.2. The molecule has 3 nitrogen and oxygen atoms in total. The van der Waals surface area contributed by atoms with Gasteiger partial charge in [-0.2, -0.15) is 0 Å². The molecule has 2 aromatic rings. The maximum atomic E-state index is 6.21. The van der Waals surface area contributed by atoms with Crippen molar-refractivity contribution in [3.05, 3.63) is 57.6 Å². The predicted molar refractivity (Wildman–Crippen MR) is 126 cm³/mol. The lowest BCUT2D eigenvalue weighted by atomic mass is 10.1. The van der Waals surface area contributed by atoms with Gasteiger partial charge in [0, 0.05) is 22.2 Å². The topological polar surface area (TPSA) is 30.5 Å². The molecule has 29 heavy (non-hydrogen) atoms. The van der Waals surface area contributed by atoms with Crippen LogP contribution in [0.25, 0.3) is 0 Å². The van der Waals surface area contributed by atoms with Gasteiger partial charge in [-0.1, -0.05) is 74.4 Å². The van der Waals surface area contributed by atoms with Crippen LogP contribution >= 0.6 is 35.6 Å². The summed E-state index contributed by atoms with van der Waals surface area (Å²) in [6.07, 6.45) is 7.88.